The molecule has 0 unspecified atom stereocenters. The number of H-pyrrole nitrogens is 1. The number of carbonyl (C=O) groups is 14. The van der Waals surface area contributed by atoms with Crippen LogP contribution in [0, 0.1) is 5.92 Å². The van der Waals surface area contributed by atoms with Crippen molar-refractivity contribution in [2.45, 2.75) is 133 Å². The number of rotatable bonds is 30. The topological polar surface area (TPSA) is 491 Å². The second kappa shape index (κ2) is 28.7. The highest BCUT2D eigenvalue weighted by Crippen LogP contribution is 2.21. The highest BCUT2D eigenvalue weighted by atomic mass is 16.4. The summed E-state index contributed by atoms with van der Waals surface area (Å²) in [6.07, 6.45) is -1.57. The molecule has 0 saturated carbocycles. The van der Waals surface area contributed by atoms with Crippen LogP contribution < -0.4 is 48.7 Å². The van der Waals surface area contributed by atoms with Crippen molar-refractivity contribution < 1.29 is 87.5 Å². The van der Waals surface area contributed by atoms with E-state index in [1.54, 1.807) is 13.8 Å². The number of likely N-dealkylation sites (tertiary alicyclic amines) is 2. The van der Waals surface area contributed by atoms with E-state index in [1.807, 2.05) is 0 Å². The maximum Gasteiger partial charge on any atom is 0.305 e. The van der Waals surface area contributed by atoms with Crippen LogP contribution in [0.1, 0.15) is 83.7 Å². The molecule has 0 radical (unpaired) electrons. The van der Waals surface area contributed by atoms with Gasteiger partial charge in [0, 0.05) is 44.2 Å². The van der Waals surface area contributed by atoms with E-state index in [2.05, 4.69) is 47.2 Å². The maximum absolute atomic E-state index is 14.0. The normalized spacial score (nSPS) is 17.5. The number of hydrogen-bond donors (Lipinski definition) is 14. The van der Waals surface area contributed by atoms with E-state index in [1.165, 1.54) is 12.5 Å². The Hall–Kier alpha value is -8.25. The first kappa shape index (κ1) is 60.1. The van der Waals surface area contributed by atoms with Gasteiger partial charge in [0.15, 0.2) is 0 Å². The van der Waals surface area contributed by atoms with Gasteiger partial charge >= 0.3 is 23.9 Å². The van der Waals surface area contributed by atoms with E-state index in [-0.39, 0.29) is 38.8 Å². The minimum Gasteiger partial charge on any atom is -0.481 e. The molecule has 31 nitrogen and oxygen atoms in total. The van der Waals surface area contributed by atoms with Gasteiger partial charge in [-0.1, -0.05) is 13.8 Å². The SMILES string of the molecule is CC(C)[C@H](N)C(=O)N[C@@H](CC(=O)O)C(=O)N[C@@H](CCC(=O)O)C(=O)N1CCC[C@H]1C(=O)NCC(=O)N[C@@H](CCC(=O)O)C(=O)N[C@@H](CC(=O)O)C(=O)N[C@@H](Cc1cnc[nH]1)C(=O)N1CCC[C@H]1C(=O)NCC(N)=O. The molecule has 2 aliphatic heterocycles. The van der Waals surface area contributed by atoms with Gasteiger partial charge in [-0.3, -0.25) is 67.1 Å². The number of amides is 10. The van der Waals surface area contributed by atoms with Crippen LogP contribution in [0.2, 0.25) is 0 Å². The number of aliphatic carboxylic acids is 4. The largest absolute Gasteiger partial charge is 0.481 e. The second-order valence-electron chi connectivity index (χ2n) is 17.8. The number of aromatic nitrogens is 2. The maximum atomic E-state index is 14.0. The molecule has 2 saturated heterocycles. The molecule has 0 bridgehead atoms. The van der Waals surface area contributed by atoms with E-state index in [4.69, 9.17) is 11.5 Å². The summed E-state index contributed by atoms with van der Waals surface area (Å²) >= 11 is 0. The van der Waals surface area contributed by atoms with Crippen LogP contribution in [0.3, 0.4) is 0 Å². The molecular formula is C43H63N13O18. The van der Waals surface area contributed by atoms with Gasteiger partial charge in [0.1, 0.15) is 42.3 Å². The van der Waals surface area contributed by atoms with E-state index in [0.717, 1.165) is 9.80 Å². The molecule has 1 aromatic rings. The van der Waals surface area contributed by atoms with Crippen molar-refractivity contribution in [3.05, 3.63) is 18.2 Å². The molecule has 2 aliphatic rings. The Morgan fingerprint density at radius 1 is 0.622 bits per heavy atom. The van der Waals surface area contributed by atoms with Gasteiger partial charge in [0.25, 0.3) is 0 Å². The number of primary amides is 1. The van der Waals surface area contributed by atoms with Crippen LogP contribution in [0.15, 0.2) is 12.5 Å². The summed E-state index contributed by atoms with van der Waals surface area (Å²) in [6, 6.07) is -12.2. The standard InChI is InChI=1S/C43H63N13O18/c1-20(2)35(45)41(72)53-25(15-34(65)66)37(68)51-23(8-10-32(61)62)42(73)55-11-3-6-28(55)40(71)48-18-30(58)50-22(7-9-31(59)60)36(67)52-24(14-33(63)64)38(69)54-26(13-21-16-46-19-49-21)43(74)56-12-4-5-27(56)39(70)47-17-29(44)57/h16,19-20,22-28,35H,3-15,17-18,45H2,1-2H3,(H2,44,57)(H,46,49)(H,47,70)(H,48,71)(H,50,58)(H,51,68)(H,52,67)(H,53,72)(H,54,69)(H,59,60)(H,61,62)(H,63,64)(H,65,66)/t22-,23-,24-,25-,26-,27-,28-,35-/m0/s1. The average molecular weight is 1050 g/mol. The number of carboxylic acid groups (broad SMARTS) is 4. The van der Waals surface area contributed by atoms with Crippen LogP contribution >= 0.6 is 0 Å². The first-order valence-electron chi connectivity index (χ1n) is 23.3. The van der Waals surface area contributed by atoms with Gasteiger partial charge in [-0.2, -0.15) is 0 Å². The molecule has 0 aliphatic carbocycles. The van der Waals surface area contributed by atoms with Gasteiger partial charge in [-0.15, -0.1) is 0 Å². The van der Waals surface area contributed by atoms with Gasteiger partial charge in [-0.25, -0.2) is 4.98 Å². The summed E-state index contributed by atoms with van der Waals surface area (Å²) in [5, 5.41) is 53.8. The second-order valence-corrected chi connectivity index (χ2v) is 17.8. The smallest absolute Gasteiger partial charge is 0.305 e. The van der Waals surface area contributed by atoms with E-state index < -0.39 is 189 Å². The van der Waals surface area contributed by atoms with E-state index in [9.17, 15) is 87.5 Å². The van der Waals surface area contributed by atoms with Crippen molar-refractivity contribution in [3.8, 4) is 0 Å². The molecule has 3 heterocycles. The Balaban J connectivity index is 1.76. The lowest BCUT2D eigenvalue weighted by atomic mass is 10.0. The van der Waals surface area contributed by atoms with Gasteiger partial charge < -0.3 is 83.9 Å². The first-order valence-corrected chi connectivity index (χ1v) is 23.3. The fourth-order valence-electron chi connectivity index (χ4n) is 7.86. The third-order valence-electron chi connectivity index (χ3n) is 11.7. The van der Waals surface area contributed by atoms with Gasteiger partial charge in [-0.05, 0) is 44.4 Å². The predicted molar refractivity (Wildman–Crippen MR) is 248 cm³/mol. The predicted octanol–water partition coefficient (Wildman–Crippen LogP) is -6.26. The summed E-state index contributed by atoms with van der Waals surface area (Å²) in [5.74, 6) is -16.3. The average Bonchev–Trinajstić information content (AvgIpc) is 4.14. The third-order valence-corrected chi connectivity index (χ3v) is 11.7. The van der Waals surface area contributed by atoms with Crippen LogP contribution in [0.4, 0.5) is 0 Å². The molecule has 0 spiro atoms. The quantitative estimate of drug-likeness (QED) is 0.0341. The number of nitrogens with two attached hydrogens (primary N) is 2. The molecular weight excluding hydrogens is 987 g/mol. The monoisotopic (exact) mass is 1050 g/mol. The van der Waals surface area contributed by atoms with Crippen LogP contribution in [-0.4, -0.2) is 198 Å². The zero-order valence-corrected chi connectivity index (χ0v) is 40.5. The lowest BCUT2D eigenvalue weighted by molar-refractivity contribution is -0.144. The number of nitrogens with zero attached hydrogens (tertiary/aromatic N) is 3. The Morgan fingerprint density at radius 3 is 1.53 bits per heavy atom. The number of imidazole rings is 1. The molecule has 2 fully saturated rings. The third kappa shape index (κ3) is 19.1. The minimum absolute atomic E-state index is 0.000501. The van der Waals surface area contributed by atoms with Gasteiger partial charge in [0.2, 0.25) is 59.1 Å². The van der Waals surface area contributed by atoms with Gasteiger partial charge in [0.05, 0.1) is 38.3 Å². The molecule has 10 amide bonds. The van der Waals surface area contributed by atoms with Crippen molar-refractivity contribution in [2.24, 2.45) is 17.4 Å². The molecule has 1 aromatic heterocycles. The number of carboxylic acids is 4. The van der Waals surface area contributed by atoms with Crippen molar-refractivity contribution in [1.29, 1.82) is 0 Å². The molecule has 8 atom stereocenters. The molecule has 408 valence electrons. The van der Waals surface area contributed by atoms with E-state index >= 15 is 0 Å². The van der Waals surface area contributed by atoms with E-state index in [0.29, 0.717) is 12.1 Å². The van der Waals surface area contributed by atoms with Crippen LogP contribution in [0.5, 0.6) is 0 Å². The number of hydrogen-bond acceptors (Lipinski definition) is 16. The Morgan fingerprint density at radius 2 is 1.07 bits per heavy atom. The van der Waals surface area contributed by atoms with Crippen LogP contribution in [0.25, 0.3) is 0 Å². The zero-order chi connectivity index (χ0) is 55.4. The molecule has 3 rings (SSSR count). The first-order chi connectivity index (χ1) is 34.8. The minimum atomic E-state index is -1.96. The number of carbonyl (C=O) groups excluding carboxylic acids is 10. The van der Waals surface area contributed by atoms with Crippen molar-refractivity contribution >= 4 is 82.9 Å². The Labute approximate surface area is 421 Å². The molecule has 74 heavy (non-hydrogen) atoms. The number of aromatic amines is 1. The lowest BCUT2D eigenvalue weighted by Gasteiger charge is -2.30. The summed E-state index contributed by atoms with van der Waals surface area (Å²) in [7, 11) is 0. The van der Waals surface area contributed by atoms with Crippen molar-refractivity contribution in [1.82, 2.24) is 57.0 Å². The molecule has 0 aromatic carbocycles. The number of nitrogens with one attached hydrogen (secondary N) is 8. The summed E-state index contributed by atoms with van der Waals surface area (Å²) < 4.78 is 0. The summed E-state index contributed by atoms with van der Waals surface area (Å²) in [6.45, 7) is 1.72. The fraction of sp³-hybridized carbons (Fsp3) is 0.605. The van der Waals surface area contributed by atoms with Crippen molar-refractivity contribution in [3.63, 3.8) is 0 Å². The highest BCUT2D eigenvalue weighted by Gasteiger charge is 2.41. The highest BCUT2D eigenvalue weighted by molar-refractivity contribution is 5.99. The zero-order valence-electron chi connectivity index (χ0n) is 40.5. The molecule has 31 heteroatoms. The summed E-state index contributed by atoms with van der Waals surface area (Å²) in [4.78, 5) is 188. The fourth-order valence-corrected chi connectivity index (χ4v) is 7.86. The lowest BCUT2D eigenvalue weighted by Crippen LogP contribution is -2.59. The molecule has 16 N–H and O–H groups in total. The summed E-state index contributed by atoms with van der Waals surface area (Å²) in [5.41, 5.74) is 11.3. The Bertz CT molecular complexity index is 2280. The Kier molecular flexibility index (Phi) is 23.3. The van der Waals surface area contributed by atoms with Crippen LogP contribution in [-0.2, 0) is 73.5 Å². The van der Waals surface area contributed by atoms with Crippen molar-refractivity contribution in [2.75, 3.05) is 26.2 Å².